The molecule has 0 bridgehead atoms. The third-order valence-electron chi connectivity index (χ3n) is 4.30. The molecule has 4 rings (SSSR count). The summed E-state index contributed by atoms with van der Waals surface area (Å²) in [5.41, 5.74) is 3.45. The van der Waals surface area contributed by atoms with E-state index in [2.05, 4.69) is 27.4 Å². The molecule has 28 heavy (non-hydrogen) atoms. The first-order valence-electron chi connectivity index (χ1n) is 8.99. The summed E-state index contributed by atoms with van der Waals surface area (Å²) in [6.45, 7) is 2.49. The minimum Gasteiger partial charge on any atom is -0.462 e. The van der Waals surface area contributed by atoms with Gasteiger partial charge in [-0.25, -0.2) is 9.78 Å². The zero-order chi connectivity index (χ0) is 19.5. The molecule has 8 heteroatoms. The van der Waals surface area contributed by atoms with Gasteiger partial charge in [0.2, 0.25) is 5.65 Å². The number of fused-ring (bicyclic) bond motifs is 3. The lowest BCUT2D eigenvalue weighted by atomic mass is 10.2. The summed E-state index contributed by atoms with van der Waals surface area (Å²) in [6, 6.07) is 12.5. The maximum Gasteiger partial charge on any atom is 0.338 e. The highest BCUT2D eigenvalue weighted by atomic mass is 35.5. The third-order valence-corrected chi connectivity index (χ3v) is 4.54. The molecule has 4 aromatic rings. The molecule has 0 saturated carbocycles. The van der Waals surface area contributed by atoms with Crippen LogP contribution in [0.3, 0.4) is 0 Å². The van der Waals surface area contributed by atoms with Crippen LogP contribution < -0.4 is 5.32 Å². The monoisotopic (exact) mass is 395 g/mol. The van der Waals surface area contributed by atoms with Gasteiger partial charge in [-0.05, 0) is 48.9 Å². The van der Waals surface area contributed by atoms with Crippen LogP contribution in [0.4, 0.5) is 11.5 Å². The number of carbonyl (C=O) groups excluding carboxylic acids is 1. The Balaban J connectivity index is 1.60. The molecule has 0 radical (unpaired) electrons. The van der Waals surface area contributed by atoms with Crippen LogP contribution >= 0.6 is 11.6 Å². The number of ether oxygens (including phenoxy) is 1. The number of nitrogens with one attached hydrogen (secondary N) is 1. The Kier molecular flexibility index (Phi) is 5.08. The van der Waals surface area contributed by atoms with E-state index in [9.17, 15) is 4.79 Å². The fourth-order valence-corrected chi connectivity index (χ4v) is 3.00. The van der Waals surface area contributed by atoms with Crippen molar-refractivity contribution in [1.29, 1.82) is 0 Å². The maximum absolute atomic E-state index is 12.0. The van der Waals surface area contributed by atoms with Crippen LogP contribution in [-0.4, -0.2) is 32.2 Å². The number of anilines is 2. The van der Waals surface area contributed by atoms with Crippen molar-refractivity contribution >= 4 is 45.8 Å². The number of rotatable bonds is 6. The van der Waals surface area contributed by atoms with E-state index in [0.717, 1.165) is 29.6 Å². The van der Waals surface area contributed by atoms with E-state index in [1.54, 1.807) is 36.7 Å². The molecule has 1 N–H and O–H groups in total. The number of unbranched alkanes of at least 4 members (excludes halogenated alkanes) is 1. The molecule has 2 aromatic heterocycles. The topological polar surface area (TPSA) is 81.4 Å². The van der Waals surface area contributed by atoms with Gasteiger partial charge in [-0.2, -0.15) is 0 Å². The first-order chi connectivity index (χ1) is 13.7. The Morgan fingerprint density at radius 3 is 2.82 bits per heavy atom. The summed E-state index contributed by atoms with van der Waals surface area (Å²) in [7, 11) is 0. The fourth-order valence-electron chi connectivity index (χ4n) is 2.83. The predicted octanol–water partition coefficient (Wildman–Crippen LogP) is 4.63. The van der Waals surface area contributed by atoms with E-state index in [4.69, 9.17) is 16.3 Å². The van der Waals surface area contributed by atoms with Crippen LogP contribution in [0, 0.1) is 0 Å². The summed E-state index contributed by atoms with van der Waals surface area (Å²) in [5.74, 6) is 0.242. The van der Waals surface area contributed by atoms with Crippen LogP contribution in [-0.2, 0) is 4.74 Å². The summed E-state index contributed by atoms with van der Waals surface area (Å²) in [4.78, 5) is 16.7. The SMILES string of the molecule is CCCCOC(=O)c1ccc(Nc2nc3ccc(Cl)cc3n3cnnc23)cc1. The van der Waals surface area contributed by atoms with Gasteiger partial charge in [-0.1, -0.05) is 24.9 Å². The van der Waals surface area contributed by atoms with Gasteiger partial charge < -0.3 is 10.1 Å². The van der Waals surface area contributed by atoms with E-state index in [1.165, 1.54) is 0 Å². The van der Waals surface area contributed by atoms with Crippen molar-refractivity contribution in [3.63, 3.8) is 0 Å². The second kappa shape index (κ2) is 7.82. The number of aromatic nitrogens is 4. The van der Waals surface area contributed by atoms with Gasteiger partial charge in [-0.3, -0.25) is 4.40 Å². The quantitative estimate of drug-likeness (QED) is 0.378. The van der Waals surface area contributed by atoms with E-state index < -0.39 is 0 Å². The van der Waals surface area contributed by atoms with E-state index in [-0.39, 0.29) is 5.97 Å². The largest absolute Gasteiger partial charge is 0.462 e. The highest BCUT2D eigenvalue weighted by molar-refractivity contribution is 6.31. The molecule has 7 nitrogen and oxygen atoms in total. The van der Waals surface area contributed by atoms with Crippen molar-refractivity contribution in [3.8, 4) is 0 Å². The molecule has 0 amide bonds. The van der Waals surface area contributed by atoms with Crippen molar-refractivity contribution in [2.45, 2.75) is 19.8 Å². The van der Waals surface area contributed by atoms with Crippen molar-refractivity contribution in [1.82, 2.24) is 19.6 Å². The van der Waals surface area contributed by atoms with Gasteiger partial charge >= 0.3 is 5.97 Å². The third kappa shape index (κ3) is 3.61. The number of halogens is 1. The van der Waals surface area contributed by atoms with E-state index >= 15 is 0 Å². The van der Waals surface area contributed by atoms with Gasteiger partial charge in [0.05, 0.1) is 23.2 Å². The van der Waals surface area contributed by atoms with Crippen LogP contribution in [0.25, 0.3) is 16.7 Å². The summed E-state index contributed by atoms with van der Waals surface area (Å²) < 4.78 is 7.06. The highest BCUT2D eigenvalue weighted by Gasteiger charge is 2.12. The normalized spacial score (nSPS) is 11.1. The Labute approximate surface area is 166 Å². The van der Waals surface area contributed by atoms with E-state index in [0.29, 0.717) is 28.7 Å². The molecular formula is C20H18ClN5O2. The van der Waals surface area contributed by atoms with E-state index in [1.807, 2.05) is 16.5 Å². The van der Waals surface area contributed by atoms with Crippen LogP contribution in [0.15, 0.2) is 48.8 Å². The molecule has 0 aliphatic carbocycles. The van der Waals surface area contributed by atoms with Crippen LogP contribution in [0.2, 0.25) is 5.02 Å². The molecule has 2 aromatic carbocycles. The molecule has 2 heterocycles. The standard InChI is InChI=1S/C20H18ClN5O2/c1-2-3-10-28-20(27)13-4-7-15(8-5-13)23-18-19-25-22-12-26(19)17-11-14(21)6-9-16(17)24-18/h4-9,11-12H,2-3,10H2,1H3,(H,23,24). The predicted molar refractivity (Wildman–Crippen MR) is 108 cm³/mol. The summed E-state index contributed by atoms with van der Waals surface area (Å²) in [5, 5.41) is 12.0. The maximum atomic E-state index is 12.0. The number of hydrogen-bond acceptors (Lipinski definition) is 6. The molecule has 0 aliphatic rings. The highest BCUT2D eigenvalue weighted by Crippen LogP contribution is 2.25. The van der Waals surface area contributed by atoms with Gasteiger partial charge in [-0.15, -0.1) is 10.2 Å². The van der Waals surface area contributed by atoms with Crippen molar-refractivity contribution < 1.29 is 9.53 Å². The lowest BCUT2D eigenvalue weighted by Gasteiger charge is -2.10. The average Bonchev–Trinajstić information content (AvgIpc) is 3.20. The zero-order valence-electron chi connectivity index (χ0n) is 15.2. The number of carbonyl (C=O) groups is 1. The minimum atomic E-state index is -0.319. The van der Waals surface area contributed by atoms with Crippen molar-refractivity contribution in [2.24, 2.45) is 0 Å². The zero-order valence-corrected chi connectivity index (χ0v) is 16.0. The number of benzene rings is 2. The lowest BCUT2D eigenvalue weighted by Crippen LogP contribution is -2.06. The Bertz CT molecular complexity index is 1140. The summed E-state index contributed by atoms with van der Waals surface area (Å²) >= 11 is 6.10. The first kappa shape index (κ1) is 18.2. The molecular weight excluding hydrogens is 378 g/mol. The Morgan fingerprint density at radius 2 is 2.04 bits per heavy atom. The fraction of sp³-hybridized carbons (Fsp3) is 0.200. The van der Waals surface area contributed by atoms with Gasteiger partial charge in [0.1, 0.15) is 6.33 Å². The van der Waals surface area contributed by atoms with Gasteiger partial charge in [0.25, 0.3) is 0 Å². The minimum absolute atomic E-state index is 0.319. The molecule has 0 fully saturated rings. The average molecular weight is 396 g/mol. The Morgan fingerprint density at radius 1 is 1.21 bits per heavy atom. The molecule has 0 atom stereocenters. The first-order valence-corrected chi connectivity index (χ1v) is 9.36. The van der Waals surface area contributed by atoms with Crippen LogP contribution in [0.1, 0.15) is 30.1 Å². The second-order valence-electron chi connectivity index (χ2n) is 6.31. The van der Waals surface area contributed by atoms with Gasteiger partial charge in [0, 0.05) is 10.7 Å². The molecule has 0 spiro atoms. The number of esters is 1. The smallest absolute Gasteiger partial charge is 0.338 e. The van der Waals surface area contributed by atoms with Crippen molar-refractivity contribution in [2.75, 3.05) is 11.9 Å². The molecule has 0 unspecified atom stereocenters. The number of nitrogens with zero attached hydrogens (tertiary/aromatic N) is 4. The van der Waals surface area contributed by atoms with Gasteiger partial charge in [0.15, 0.2) is 5.82 Å². The van der Waals surface area contributed by atoms with Crippen molar-refractivity contribution in [3.05, 3.63) is 59.4 Å². The summed E-state index contributed by atoms with van der Waals surface area (Å²) in [6.07, 6.45) is 3.47. The van der Waals surface area contributed by atoms with Crippen LogP contribution in [0.5, 0.6) is 0 Å². The number of hydrogen-bond donors (Lipinski definition) is 1. The molecule has 0 aliphatic heterocycles. The second-order valence-corrected chi connectivity index (χ2v) is 6.75. The Hall–Kier alpha value is -3.19. The lowest BCUT2D eigenvalue weighted by molar-refractivity contribution is 0.0500. The molecule has 142 valence electrons. The molecule has 0 saturated heterocycles.